The van der Waals surface area contributed by atoms with Crippen molar-refractivity contribution in [3.8, 4) is 5.75 Å². The van der Waals surface area contributed by atoms with Gasteiger partial charge in [0, 0.05) is 11.6 Å². The molecule has 1 unspecified atom stereocenters. The minimum absolute atomic E-state index is 0.0185. The van der Waals surface area contributed by atoms with Crippen LogP contribution in [0.2, 0.25) is 0 Å². The summed E-state index contributed by atoms with van der Waals surface area (Å²) in [4.78, 5) is 10.7. The van der Waals surface area contributed by atoms with E-state index in [1.54, 1.807) is 6.92 Å². The van der Waals surface area contributed by atoms with Crippen molar-refractivity contribution in [2.45, 2.75) is 32.8 Å². The minimum Gasteiger partial charge on any atom is -0.485 e. The Hall–Kier alpha value is -2.55. The molecule has 0 fully saturated rings. The normalized spacial score (nSPS) is 17.9. The van der Waals surface area contributed by atoms with Crippen molar-refractivity contribution < 1.29 is 14.6 Å². The second-order valence-electron chi connectivity index (χ2n) is 5.49. The van der Waals surface area contributed by atoms with Crippen LogP contribution in [0.25, 0.3) is 6.08 Å². The van der Waals surface area contributed by atoms with Gasteiger partial charge < -0.3 is 9.84 Å². The van der Waals surface area contributed by atoms with E-state index in [0.717, 1.165) is 29.7 Å². The smallest absolute Gasteiger partial charge is 0.328 e. The molecule has 3 nitrogen and oxygen atoms in total. The highest BCUT2D eigenvalue weighted by atomic mass is 16.5. The van der Waals surface area contributed by atoms with Crippen LogP contribution in [0.5, 0.6) is 5.75 Å². The van der Waals surface area contributed by atoms with Gasteiger partial charge in [-0.2, -0.15) is 0 Å². The molecule has 0 amide bonds. The molecule has 23 heavy (non-hydrogen) atoms. The van der Waals surface area contributed by atoms with E-state index < -0.39 is 5.97 Å². The molecule has 1 aliphatic rings. The predicted molar refractivity (Wildman–Crippen MR) is 93.4 cm³/mol. The third-order valence-electron chi connectivity index (χ3n) is 3.60. The summed E-state index contributed by atoms with van der Waals surface area (Å²) in [6.45, 7) is 3.78. The zero-order chi connectivity index (χ0) is 16.7. The first-order valence-corrected chi connectivity index (χ1v) is 7.78. The number of carboxylic acids is 1. The molecule has 1 heterocycles. The number of carboxylic acid groups (broad SMARTS) is 1. The van der Waals surface area contributed by atoms with E-state index in [-0.39, 0.29) is 6.10 Å². The van der Waals surface area contributed by atoms with Gasteiger partial charge in [-0.3, -0.25) is 0 Å². The van der Waals surface area contributed by atoms with Crippen LogP contribution in [0.1, 0.15) is 32.3 Å². The van der Waals surface area contributed by atoms with Crippen molar-refractivity contribution in [1.29, 1.82) is 0 Å². The fourth-order valence-electron chi connectivity index (χ4n) is 2.47. The molecular formula is C20H22O3. The first-order chi connectivity index (χ1) is 11.1. The summed E-state index contributed by atoms with van der Waals surface area (Å²) < 4.78 is 6.12. The summed E-state index contributed by atoms with van der Waals surface area (Å²) in [6, 6.07) is 7.95. The average molecular weight is 310 g/mol. The lowest BCUT2D eigenvalue weighted by Crippen LogP contribution is -2.21. The van der Waals surface area contributed by atoms with Gasteiger partial charge in [0.25, 0.3) is 0 Å². The van der Waals surface area contributed by atoms with E-state index in [9.17, 15) is 4.79 Å². The standard InChI is InChI=1S/C20H22O3/c1-3-4-5-9-19-17(12-11-15(2)13-20(21)22)14-16-8-6-7-10-18(16)23-19/h3-4,6-8,10-14,19H,5,9H2,1-2H3,(H,21,22)/b4-3+,12-11+,15-13+. The summed E-state index contributed by atoms with van der Waals surface area (Å²) in [6.07, 6.45) is 13.1. The SMILES string of the molecule is C/C=C/CCC1Oc2ccccc2C=C1/C=C/C(C)=C/C(=O)O. The van der Waals surface area contributed by atoms with E-state index in [1.165, 1.54) is 6.08 Å². The van der Waals surface area contributed by atoms with Crippen molar-refractivity contribution in [3.63, 3.8) is 0 Å². The molecule has 0 bridgehead atoms. The molecule has 1 aromatic rings. The van der Waals surface area contributed by atoms with Crippen LogP contribution in [0.4, 0.5) is 0 Å². The van der Waals surface area contributed by atoms with E-state index in [2.05, 4.69) is 12.2 Å². The van der Waals surface area contributed by atoms with E-state index in [1.807, 2.05) is 49.4 Å². The number of hydrogen-bond acceptors (Lipinski definition) is 2. The molecule has 1 aliphatic heterocycles. The predicted octanol–water partition coefficient (Wildman–Crippen LogP) is 4.77. The van der Waals surface area contributed by atoms with Crippen molar-refractivity contribution in [2.24, 2.45) is 0 Å². The molecule has 0 aliphatic carbocycles. The summed E-state index contributed by atoms with van der Waals surface area (Å²) in [5.74, 6) is -0.0380. The highest BCUT2D eigenvalue weighted by Crippen LogP contribution is 2.31. The molecule has 1 atom stereocenters. The van der Waals surface area contributed by atoms with Crippen LogP contribution in [0.3, 0.4) is 0 Å². The fraction of sp³-hybridized carbons (Fsp3) is 0.250. The molecule has 2 rings (SSSR count). The van der Waals surface area contributed by atoms with Crippen LogP contribution in [0, 0.1) is 0 Å². The van der Waals surface area contributed by atoms with Gasteiger partial charge in [0.05, 0.1) is 0 Å². The Morgan fingerprint density at radius 2 is 2.13 bits per heavy atom. The number of hydrogen-bond donors (Lipinski definition) is 1. The van der Waals surface area contributed by atoms with Crippen molar-refractivity contribution in [3.05, 3.63) is 71.4 Å². The lowest BCUT2D eigenvalue weighted by atomic mass is 9.97. The first kappa shape index (κ1) is 16.8. The monoisotopic (exact) mass is 310 g/mol. The van der Waals surface area contributed by atoms with Gasteiger partial charge in [-0.05, 0) is 50.0 Å². The first-order valence-electron chi connectivity index (χ1n) is 7.78. The van der Waals surface area contributed by atoms with Gasteiger partial charge >= 0.3 is 5.97 Å². The second-order valence-corrected chi connectivity index (χ2v) is 5.49. The van der Waals surface area contributed by atoms with Crippen LogP contribution >= 0.6 is 0 Å². The van der Waals surface area contributed by atoms with Crippen molar-refractivity contribution >= 4 is 12.0 Å². The van der Waals surface area contributed by atoms with E-state index in [0.29, 0.717) is 5.57 Å². The quantitative estimate of drug-likeness (QED) is 0.467. The largest absolute Gasteiger partial charge is 0.485 e. The van der Waals surface area contributed by atoms with E-state index in [4.69, 9.17) is 9.84 Å². The highest BCUT2D eigenvalue weighted by Gasteiger charge is 2.20. The van der Waals surface area contributed by atoms with Crippen LogP contribution < -0.4 is 4.74 Å². The van der Waals surface area contributed by atoms with E-state index >= 15 is 0 Å². The van der Waals surface area contributed by atoms with Gasteiger partial charge in [0.2, 0.25) is 0 Å². The maximum absolute atomic E-state index is 10.7. The maximum Gasteiger partial charge on any atom is 0.328 e. The minimum atomic E-state index is -0.934. The van der Waals surface area contributed by atoms with Crippen molar-refractivity contribution in [2.75, 3.05) is 0 Å². The number of allylic oxidation sites excluding steroid dienone is 4. The highest BCUT2D eigenvalue weighted by molar-refractivity contribution is 5.81. The Morgan fingerprint density at radius 1 is 1.35 bits per heavy atom. The van der Waals surface area contributed by atoms with Gasteiger partial charge in [0.1, 0.15) is 11.9 Å². The van der Waals surface area contributed by atoms with Gasteiger partial charge in [-0.15, -0.1) is 0 Å². The lowest BCUT2D eigenvalue weighted by molar-refractivity contribution is -0.131. The maximum atomic E-state index is 10.7. The molecule has 1 N–H and O–H groups in total. The molecule has 0 saturated heterocycles. The number of fused-ring (bicyclic) bond motifs is 1. The molecule has 120 valence electrons. The third-order valence-corrected chi connectivity index (χ3v) is 3.60. The Kier molecular flexibility index (Phi) is 5.98. The molecule has 1 aromatic carbocycles. The fourth-order valence-corrected chi connectivity index (χ4v) is 2.47. The molecule has 0 spiro atoms. The molecule has 3 heteroatoms. The third kappa shape index (κ3) is 4.99. The Bertz CT molecular complexity index is 678. The average Bonchev–Trinajstić information content (AvgIpc) is 2.52. The number of rotatable bonds is 6. The topological polar surface area (TPSA) is 46.5 Å². The Morgan fingerprint density at radius 3 is 2.87 bits per heavy atom. The van der Waals surface area contributed by atoms with Crippen LogP contribution in [-0.2, 0) is 4.79 Å². The molecule has 0 aromatic heterocycles. The van der Waals surface area contributed by atoms with Gasteiger partial charge in [-0.25, -0.2) is 4.79 Å². The zero-order valence-corrected chi connectivity index (χ0v) is 13.5. The Labute approximate surface area is 137 Å². The van der Waals surface area contributed by atoms with Gasteiger partial charge in [0.15, 0.2) is 0 Å². The van der Waals surface area contributed by atoms with Gasteiger partial charge in [-0.1, -0.05) is 42.5 Å². The molecule has 0 saturated carbocycles. The second kappa shape index (κ2) is 8.18. The lowest BCUT2D eigenvalue weighted by Gasteiger charge is -2.25. The molecular weight excluding hydrogens is 288 g/mol. The van der Waals surface area contributed by atoms with Crippen LogP contribution in [-0.4, -0.2) is 17.2 Å². The number of carbonyl (C=O) groups is 1. The summed E-state index contributed by atoms with van der Waals surface area (Å²) >= 11 is 0. The Balaban J connectivity index is 2.24. The number of aliphatic carboxylic acids is 1. The number of para-hydroxylation sites is 1. The summed E-state index contributed by atoms with van der Waals surface area (Å²) in [7, 11) is 0. The molecule has 0 radical (unpaired) electrons. The number of benzene rings is 1. The summed E-state index contributed by atoms with van der Waals surface area (Å²) in [5.41, 5.74) is 2.81. The van der Waals surface area contributed by atoms with Crippen LogP contribution in [0.15, 0.2) is 65.8 Å². The van der Waals surface area contributed by atoms with Crippen molar-refractivity contribution in [1.82, 2.24) is 0 Å². The number of ether oxygens (including phenoxy) is 1. The zero-order valence-electron chi connectivity index (χ0n) is 13.5. The summed E-state index contributed by atoms with van der Waals surface area (Å²) in [5, 5.41) is 8.79.